The van der Waals surface area contributed by atoms with Crippen molar-refractivity contribution in [3.05, 3.63) is 65.4 Å². The Labute approximate surface area is 141 Å². The number of fused-ring (bicyclic) bond motifs is 3. The molecule has 0 saturated heterocycles. The fourth-order valence-electron chi connectivity index (χ4n) is 4.52. The monoisotopic (exact) mass is 316 g/mol. The summed E-state index contributed by atoms with van der Waals surface area (Å²) < 4.78 is 2.15. The minimum absolute atomic E-state index is 0.250. The van der Waals surface area contributed by atoms with E-state index < -0.39 is 0 Å². The van der Waals surface area contributed by atoms with Crippen LogP contribution in [-0.4, -0.2) is 17.5 Å². The lowest BCUT2D eigenvalue weighted by Gasteiger charge is -2.11. The first-order valence-electron chi connectivity index (χ1n) is 8.46. The number of aryl methyl sites for hydroxylation is 2. The van der Waals surface area contributed by atoms with Crippen molar-refractivity contribution in [1.29, 1.82) is 0 Å². The molecular formula is C21H20N2O. The van der Waals surface area contributed by atoms with Crippen LogP contribution in [0.1, 0.15) is 29.0 Å². The molecule has 1 aromatic heterocycles. The van der Waals surface area contributed by atoms with Crippen molar-refractivity contribution in [1.82, 2.24) is 4.57 Å². The van der Waals surface area contributed by atoms with Gasteiger partial charge in [0.15, 0.2) is 0 Å². The molecule has 1 aliphatic carbocycles. The van der Waals surface area contributed by atoms with Crippen molar-refractivity contribution in [2.75, 3.05) is 11.9 Å². The molecule has 120 valence electrons. The molecule has 2 atom stereocenters. The Bertz CT molecular complexity index is 1020. The molecule has 0 bridgehead atoms. The number of carbonyl (C=O) groups excluding carboxylic acids is 1. The van der Waals surface area contributed by atoms with Crippen LogP contribution in [0.2, 0.25) is 0 Å². The second-order valence-corrected chi connectivity index (χ2v) is 7.36. The Morgan fingerprint density at radius 3 is 2.75 bits per heavy atom. The summed E-state index contributed by atoms with van der Waals surface area (Å²) in [5, 5.41) is 1.25. The fourth-order valence-corrected chi connectivity index (χ4v) is 4.52. The number of anilines is 1. The average molecular weight is 316 g/mol. The van der Waals surface area contributed by atoms with E-state index in [-0.39, 0.29) is 17.2 Å². The van der Waals surface area contributed by atoms with Crippen molar-refractivity contribution in [2.24, 2.45) is 7.05 Å². The number of rotatable bonds is 1. The van der Waals surface area contributed by atoms with Crippen LogP contribution in [0, 0.1) is 6.92 Å². The topological polar surface area (TPSA) is 25.2 Å². The minimum Gasteiger partial charge on any atom is -0.351 e. The van der Waals surface area contributed by atoms with E-state index in [0.717, 1.165) is 12.1 Å². The summed E-state index contributed by atoms with van der Waals surface area (Å²) in [6.07, 6.45) is 3.01. The number of benzene rings is 2. The Hall–Kier alpha value is -2.55. The molecule has 2 aromatic carbocycles. The zero-order chi connectivity index (χ0) is 16.6. The van der Waals surface area contributed by atoms with Gasteiger partial charge in [0, 0.05) is 37.4 Å². The maximum atomic E-state index is 13.0. The van der Waals surface area contributed by atoms with Gasteiger partial charge < -0.3 is 9.47 Å². The highest BCUT2D eigenvalue weighted by Crippen LogP contribution is 2.66. The Balaban J connectivity index is 1.65. The molecule has 1 fully saturated rings. The van der Waals surface area contributed by atoms with Crippen LogP contribution >= 0.6 is 0 Å². The van der Waals surface area contributed by atoms with Crippen LogP contribution < -0.4 is 4.90 Å². The van der Waals surface area contributed by atoms with Crippen molar-refractivity contribution >= 4 is 22.5 Å². The molecule has 1 aliphatic heterocycles. The summed E-state index contributed by atoms with van der Waals surface area (Å²) in [6, 6.07) is 15.2. The number of carbonyl (C=O) groups is 1. The summed E-state index contributed by atoms with van der Waals surface area (Å²) in [4.78, 5) is 14.9. The van der Waals surface area contributed by atoms with Gasteiger partial charge in [-0.3, -0.25) is 4.79 Å². The molecule has 1 amide bonds. The molecule has 3 nitrogen and oxygen atoms in total. The first kappa shape index (κ1) is 13.8. The molecule has 1 saturated carbocycles. The van der Waals surface area contributed by atoms with Gasteiger partial charge in [-0.15, -0.1) is 0 Å². The van der Waals surface area contributed by atoms with Gasteiger partial charge in [-0.1, -0.05) is 29.8 Å². The minimum atomic E-state index is -0.338. The van der Waals surface area contributed by atoms with E-state index >= 15 is 0 Å². The first-order valence-corrected chi connectivity index (χ1v) is 8.46. The molecule has 1 unspecified atom stereocenters. The van der Waals surface area contributed by atoms with E-state index in [9.17, 15) is 4.79 Å². The van der Waals surface area contributed by atoms with E-state index in [1.54, 1.807) is 0 Å². The van der Waals surface area contributed by atoms with Crippen molar-refractivity contribution in [3.63, 3.8) is 0 Å². The number of hydrogen-bond acceptors (Lipinski definition) is 1. The summed E-state index contributed by atoms with van der Waals surface area (Å²) in [7, 11) is 3.98. The number of hydrogen-bond donors (Lipinski definition) is 0. The van der Waals surface area contributed by atoms with Gasteiger partial charge in [0.05, 0.1) is 5.41 Å². The van der Waals surface area contributed by atoms with Gasteiger partial charge in [-0.05, 0) is 48.1 Å². The molecule has 0 N–H and O–H groups in total. The third-order valence-electron chi connectivity index (χ3n) is 5.96. The zero-order valence-electron chi connectivity index (χ0n) is 14.2. The second kappa shape index (κ2) is 4.29. The Kier molecular flexibility index (Phi) is 2.48. The highest BCUT2D eigenvalue weighted by molar-refractivity contribution is 6.11. The number of likely N-dealkylation sites (N-methyl/N-ethyl adjacent to an activating group) is 1. The van der Waals surface area contributed by atoms with Crippen LogP contribution in [-0.2, 0) is 17.3 Å². The first-order chi connectivity index (χ1) is 11.5. The highest BCUT2D eigenvalue weighted by Gasteiger charge is 2.66. The van der Waals surface area contributed by atoms with Gasteiger partial charge in [0.25, 0.3) is 0 Å². The maximum absolute atomic E-state index is 13.0. The van der Waals surface area contributed by atoms with E-state index in [2.05, 4.69) is 67.2 Å². The van der Waals surface area contributed by atoms with Crippen molar-refractivity contribution < 1.29 is 4.79 Å². The summed E-state index contributed by atoms with van der Waals surface area (Å²) in [5.74, 6) is 0.537. The normalized spacial score (nSPS) is 24.9. The smallest absolute Gasteiger partial charge is 0.238 e. The SMILES string of the molecule is Cc1ccc2c(c1)[C@@]1(CC1c1ccc3ccn(C)c3c1)C(=O)N2C. The fraction of sp³-hybridized carbons (Fsp3) is 0.286. The lowest BCUT2D eigenvalue weighted by molar-refractivity contribution is -0.120. The quantitative estimate of drug-likeness (QED) is 0.668. The van der Waals surface area contributed by atoms with Gasteiger partial charge in [0.1, 0.15) is 0 Å². The third kappa shape index (κ3) is 1.55. The van der Waals surface area contributed by atoms with Gasteiger partial charge in [0.2, 0.25) is 5.91 Å². The second-order valence-electron chi connectivity index (χ2n) is 7.36. The molecule has 24 heavy (non-hydrogen) atoms. The Morgan fingerprint density at radius 2 is 1.92 bits per heavy atom. The largest absolute Gasteiger partial charge is 0.351 e. The van der Waals surface area contributed by atoms with Crippen LogP contribution in [0.4, 0.5) is 5.69 Å². The molecule has 0 radical (unpaired) electrons. The van der Waals surface area contributed by atoms with Crippen LogP contribution in [0.15, 0.2) is 48.7 Å². The van der Waals surface area contributed by atoms with E-state index in [0.29, 0.717) is 0 Å². The molecule has 2 aliphatic rings. The molecule has 3 aromatic rings. The van der Waals surface area contributed by atoms with E-state index in [4.69, 9.17) is 0 Å². The number of aromatic nitrogens is 1. The van der Waals surface area contributed by atoms with Crippen LogP contribution in [0.25, 0.3) is 10.9 Å². The van der Waals surface area contributed by atoms with E-state index in [1.165, 1.54) is 27.6 Å². The molecule has 5 rings (SSSR count). The third-order valence-corrected chi connectivity index (χ3v) is 5.96. The van der Waals surface area contributed by atoms with E-state index in [1.807, 2.05) is 11.9 Å². The molecule has 2 heterocycles. The van der Waals surface area contributed by atoms with Gasteiger partial charge in [-0.2, -0.15) is 0 Å². The number of nitrogens with zero attached hydrogens (tertiary/aromatic N) is 2. The summed E-state index contributed by atoms with van der Waals surface area (Å²) in [5.41, 5.74) is 5.69. The van der Waals surface area contributed by atoms with Crippen LogP contribution in [0.5, 0.6) is 0 Å². The molecule has 3 heteroatoms. The predicted octanol–water partition coefficient (Wildman–Crippen LogP) is 3.89. The maximum Gasteiger partial charge on any atom is 0.238 e. The summed E-state index contributed by atoms with van der Waals surface area (Å²) >= 11 is 0. The zero-order valence-corrected chi connectivity index (χ0v) is 14.2. The summed E-state index contributed by atoms with van der Waals surface area (Å²) in [6.45, 7) is 2.10. The van der Waals surface area contributed by atoms with Gasteiger partial charge >= 0.3 is 0 Å². The standard InChI is InChI=1S/C21H20N2O/c1-13-4-7-18-16(10-13)21(20(24)23(18)3)12-17(21)15-6-5-14-8-9-22(2)19(14)11-15/h4-11,17H,12H2,1-3H3/t17?,21-/m1/s1. The van der Waals surface area contributed by atoms with Crippen LogP contribution in [0.3, 0.4) is 0 Å². The Morgan fingerprint density at radius 1 is 1.08 bits per heavy atom. The number of amides is 1. The lowest BCUT2D eigenvalue weighted by atomic mass is 9.91. The highest BCUT2D eigenvalue weighted by atomic mass is 16.2. The van der Waals surface area contributed by atoms with Gasteiger partial charge in [-0.25, -0.2) is 0 Å². The predicted molar refractivity (Wildman–Crippen MR) is 96.5 cm³/mol. The van der Waals surface area contributed by atoms with Crippen molar-refractivity contribution in [3.8, 4) is 0 Å². The van der Waals surface area contributed by atoms with Crippen molar-refractivity contribution in [2.45, 2.75) is 24.7 Å². The molecule has 1 spiro atoms. The molecular weight excluding hydrogens is 296 g/mol. The average Bonchev–Trinajstić information content (AvgIpc) is 3.19. The lowest BCUT2D eigenvalue weighted by Crippen LogP contribution is -2.29.